The minimum atomic E-state index is -0.372. The van der Waals surface area contributed by atoms with Gasteiger partial charge in [0.15, 0.2) is 5.78 Å². The highest BCUT2D eigenvalue weighted by molar-refractivity contribution is 6.31. The van der Waals surface area contributed by atoms with Gasteiger partial charge in [0.25, 0.3) is 0 Å². The van der Waals surface area contributed by atoms with Crippen LogP contribution in [0, 0.1) is 20.8 Å². The fourth-order valence-electron chi connectivity index (χ4n) is 3.69. The number of hydrogen-bond donors (Lipinski definition) is 1. The van der Waals surface area contributed by atoms with Crippen molar-refractivity contribution in [2.45, 2.75) is 27.3 Å². The Bertz CT molecular complexity index is 1450. The Morgan fingerprint density at radius 1 is 0.909 bits per heavy atom. The molecule has 0 unspecified atom stereocenters. The molecule has 0 radical (unpaired) electrons. The predicted octanol–water partition coefficient (Wildman–Crippen LogP) is 5.45. The van der Waals surface area contributed by atoms with E-state index in [9.17, 15) is 14.4 Å². The molecule has 0 aliphatic heterocycles. The molecule has 0 saturated heterocycles. The number of halogens is 1. The predicted molar refractivity (Wildman–Crippen MR) is 132 cm³/mol. The van der Waals surface area contributed by atoms with Gasteiger partial charge in [-0.2, -0.15) is 0 Å². The number of anilines is 1. The molecule has 0 aliphatic rings. The van der Waals surface area contributed by atoms with Crippen molar-refractivity contribution >= 4 is 39.9 Å². The summed E-state index contributed by atoms with van der Waals surface area (Å²) in [5, 5.41) is 3.79. The van der Waals surface area contributed by atoms with Crippen molar-refractivity contribution in [3.63, 3.8) is 0 Å². The van der Waals surface area contributed by atoms with Crippen LogP contribution < -0.4 is 10.7 Å². The van der Waals surface area contributed by atoms with Gasteiger partial charge in [-0.25, -0.2) is 0 Å². The van der Waals surface area contributed by atoms with Gasteiger partial charge < -0.3 is 9.88 Å². The summed E-state index contributed by atoms with van der Waals surface area (Å²) in [6, 6.07) is 17.8. The minimum Gasteiger partial charge on any atom is -0.337 e. The fourth-order valence-corrected chi connectivity index (χ4v) is 3.87. The number of nitrogens with zero attached hydrogens (tertiary/aromatic N) is 1. The molecule has 4 rings (SSSR count). The van der Waals surface area contributed by atoms with E-state index in [1.54, 1.807) is 41.0 Å². The largest absolute Gasteiger partial charge is 0.337 e. The highest BCUT2D eigenvalue weighted by Crippen LogP contribution is 2.21. The molecule has 1 N–H and O–H groups in total. The summed E-state index contributed by atoms with van der Waals surface area (Å²) in [5.74, 6) is -0.669. The lowest BCUT2D eigenvalue weighted by molar-refractivity contribution is -0.116. The minimum absolute atomic E-state index is 0.0307. The number of amides is 1. The van der Waals surface area contributed by atoms with Crippen molar-refractivity contribution in [2.75, 3.05) is 5.32 Å². The normalized spacial score (nSPS) is 10.9. The summed E-state index contributed by atoms with van der Waals surface area (Å²) in [6.07, 6.45) is 1.48. The summed E-state index contributed by atoms with van der Waals surface area (Å²) < 4.78 is 1.64. The molecular formula is C27H23ClN2O3. The van der Waals surface area contributed by atoms with Gasteiger partial charge in [-0.1, -0.05) is 59.1 Å². The lowest BCUT2D eigenvalue weighted by Crippen LogP contribution is -2.24. The number of aryl methyl sites for hydroxylation is 3. The first-order chi connectivity index (χ1) is 15.7. The third kappa shape index (κ3) is 4.73. The standard InChI is InChI=1S/C27H23ClN2O3/c1-16-4-8-19(9-5-16)26(32)22-14-30(24-11-6-17(2)12-21(24)27(22)33)15-25(31)29-20-10-7-18(3)23(28)13-20/h4-14H,15H2,1-3H3,(H,29,31). The van der Waals surface area contributed by atoms with Crippen molar-refractivity contribution < 1.29 is 9.59 Å². The molecule has 166 valence electrons. The third-order valence-corrected chi connectivity index (χ3v) is 5.97. The maximum Gasteiger partial charge on any atom is 0.244 e. The summed E-state index contributed by atoms with van der Waals surface area (Å²) in [5.41, 5.74) is 4.10. The van der Waals surface area contributed by atoms with E-state index < -0.39 is 0 Å². The van der Waals surface area contributed by atoms with Crippen molar-refractivity contribution in [3.8, 4) is 0 Å². The van der Waals surface area contributed by atoms with E-state index in [1.807, 2.05) is 45.0 Å². The van der Waals surface area contributed by atoms with Crippen LogP contribution in [0.25, 0.3) is 10.9 Å². The van der Waals surface area contributed by atoms with Crippen LogP contribution in [0.5, 0.6) is 0 Å². The monoisotopic (exact) mass is 458 g/mol. The number of carbonyl (C=O) groups excluding carboxylic acids is 2. The van der Waals surface area contributed by atoms with Crippen LogP contribution in [-0.4, -0.2) is 16.3 Å². The van der Waals surface area contributed by atoms with Crippen molar-refractivity contribution in [1.29, 1.82) is 0 Å². The Morgan fingerprint density at radius 3 is 2.30 bits per heavy atom. The molecule has 1 amide bonds. The molecule has 0 saturated carbocycles. The Labute approximate surface area is 196 Å². The number of hydrogen-bond acceptors (Lipinski definition) is 3. The van der Waals surface area contributed by atoms with Gasteiger partial charge in [0.2, 0.25) is 11.3 Å². The van der Waals surface area contributed by atoms with Crippen LogP contribution in [-0.2, 0) is 11.3 Å². The van der Waals surface area contributed by atoms with E-state index in [0.717, 1.165) is 16.7 Å². The summed E-state index contributed by atoms with van der Waals surface area (Å²) >= 11 is 6.16. The van der Waals surface area contributed by atoms with Crippen LogP contribution >= 0.6 is 11.6 Å². The van der Waals surface area contributed by atoms with Gasteiger partial charge in [-0.3, -0.25) is 14.4 Å². The van der Waals surface area contributed by atoms with Gasteiger partial charge in [-0.05, 0) is 50.6 Å². The van der Waals surface area contributed by atoms with E-state index in [0.29, 0.717) is 27.2 Å². The number of carbonyl (C=O) groups is 2. The quantitative estimate of drug-likeness (QED) is 0.404. The molecule has 0 atom stereocenters. The second kappa shape index (κ2) is 9.04. The molecule has 0 spiro atoms. The zero-order valence-electron chi connectivity index (χ0n) is 18.6. The Balaban J connectivity index is 1.75. The Kier molecular flexibility index (Phi) is 6.16. The molecule has 4 aromatic rings. The average Bonchev–Trinajstić information content (AvgIpc) is 2.78. The van der Waals surface area contributed by atoms with Crippen molar-refractivity contribution in [3.05, 3.63) is 110 Å². The summed E-state index contributed by atoms with van der Waals surface area (Å²) in [7, 11) is 0. The van der Waals surface area contributed by atoms with Crippen LogP contribution in [0.3, 0.4) is 0 Å². The maximum atomic E-state index is 13.2. The first-order valence-electron chi connectivity index (χ1n) is 10.5. The molecule has 5 nitrogen and oxygen atoms in total. The zero-order valence-corrected chi connectivity index (χ0v) is 19.4. The van der Waals surface area contributed by atoms with Gasteiger partial charge in [0.1, 0.15) is 6.54 Å². The van der Waals surface area contributed by atoms with E-state index in [-0.39, 0.29) is 29.2 Å². The van der Waals surface area contributed by atoms with Crippen LogP contribution in [0.4, 0.5) is 5.69 Å². The number of ketones is 1. The second-order valence-electron chi connectivity index (χ2n) is 8.23. The topological polar surface area (TPSA) is 68.2 Å². The van der Waals surface area contributed by atoms with Crippen LogP contribution in [0.2, 0.25) is 5.02 Å². The molecule has 3 aromatic carbocycles. The van der Waals surface area contributed by atoms with E-state index in [4.69, 9.17) is 11.6 Å². The molecule has 0 aliphatic carbocycles. The van der Waals surface area contributed by atoms with Crippen molar-refractivity contribution in [1.82, 2.24) is 4.57 Å². The molecule has 6 heteroatoms. The highest BCUT2D eigenvalue weighted by Gasteiger charge is 2.18. The Hall–Kier alpha value is -3.70. The maximum absolute atomic E-state index is 13.2. The van der Waals surface area contributed by atoms with E-state index in [2.05, 4.69) is 5.32 Å². The first-order valence-corrected chi connectivity index (χ1v) is 10.9. The van der Waals surface area contributed by atoms with E-state index in [1.165, 1.54) is 6.20 Å². The number of aromatic nitrogens is 1. The fraction of sp³-hybridized carbons (Fsp3) is 0.148. The van der Waals surface area contributed by atoms with Gasteiger partial charge in [0, 0.05) is 27.9 Å². The molecule has 1 aromatic heterocycles. The van der Waals surface area contributed by atoms with Gasteiger partial charge in [0.05, 0.1) is 11.1 Å². The zero-order chi connectivity index (χ0) is 23.7. The number of rotatable bonds is 5. The smallest absolute Gasteiger partial charge is 0.244 e. The SMILES string of the molecule is Cc1ccc(C(=O)c2cn(CC(=O)Nc3ccc(C)c(Cl)c3)c3ccc(C)cc3c2=O)cc1. The van der Waals surface area contributed by atoms with Crippen molar-refractivity contribution in [2.24, 2.45) is 0 Å². The van der Waals surface area contributed by atoms with E-state index >= 15 is 0 Å². The van der Waals surface area contributed by atoms with Crippen LogP contribution in [0.15, 0.2) is 71.7 Å². The summed E-state index contributed by atoms with van der Waals surface area (Å²) in [4.78, 5) is 39.2. The van der Waals surface area contributed by atoms with Crippen LogP contribution in [0.1, 0.15) is 32.6 Å². The molecule has 0 bridgehead atoms. The average molecular weight is 459 g/mol. The second-order valence-corrected chi connectivity index (χ2v) is 8.63. The molecular weight excluding hydrogens is 436 g/mol. The third-order valence-electron chi connectivity index (χ3n) is 5.56. The number of nitrogens with one attached hydrogen (secondary N) is 1. The molecule has 1 heterocycles. The lowest BCUT2D eigenvalue weighted by Gasteiger charge is -2.14. The van der Waals surface area contributed by atoms with Gasteiger partial charge in [-0.15, -0.1) is 0 Å². The highest BCUT2D eigenvalue weighted by atomic mass is 35.5. The van der Waals surface area contributed by atoms with Gasteiger partial charge >= 0.3 is 0 Å². The molecule has 33 heavy (non-hydrogen) atoms. The number of pyridine rings is 1. The molecule has 0 fully saturated rings. The summed E-state index contributed by atoms with van der Waals surface area (Å²) in [6.45, 7) is 5.62. The Morgan fingerprint density at radius 2 is 1.61 bits per heavy atom. The first kappa shape index (κ1) is 22.5. The lowest BCUT2D eigenvalue weighted by atomic mass is 10.0. The number of benzene rings is 3. The number of fused-ring (bicyclic) bond motifs is 1.